The lowest BCUT2D eigenvalue weighted by atomic mass is 10.00. The summed E-state index contributed by atoms with van der Waals surface area (Å²) < 4.78 is 0. The number of nitrogens with zero attached hydrogens (tertiary/aromatic N) is 1. The molecule has 0 aliphatic carbocycles. The van der Waals surface area contributed by atoms with E-state index in [0.717, 1.165) is 10.5 Å². The Bertz CT molecular complexity index is 400. The van der Waals surface area contributed by atoms with Gasteiger partial charge in [-0.1, -0.05) is 18.2 Å². The van der Waals surface area contributed by atoms with Crippen LogP contribution in [0.5, 0.6) is 0 Å². The lowest BCUT2D eigenvalue weighted by Crippen LogP contribution is -2.41. The Labute approximate surface area is 80.8 Å². The fourth-order valence-corrected chi connectivity index (χ4v) is 1.61. The van der Waals surface area contributed by atoms with E-state index in [1.54, 1.807) is 12.1 Å². The summed E-state index contributed by atoms with van der Waals surface area (Å²) in [4.78, 5) is 23.1. The minimum absolute atomic E-state index is 0.255. The van der Waals surface area contributed by atoms with Gasteiger partial charge in [-0.05, 0) is 18.1 Å². The van der Waals surface area contributed by atoms with Gasteiger partial charge in [0.25, 0.3) is 5.91 Å². The van der Waals surface area contributed by atoms with Gasteiger partial charge >= 0.3 is 6.09 Å². The van der Waals surface area contributed by atoms with Crippen molar-refractivity contribution in [3.05, 3.63) is 35.4 Å². The number of hydrogen-bond acceptors (Lipinski definition) is 2. The molecule has 0 radical (unpaired) electrons. The van der Waals surface area contributed by atoms with Gasteiger partial charge in [0.1, 0.15) is 0 Å². The van der Waals surface area contributed by atoms with Gasteiger partial charge in [-0.25, -0.2) is 9.69 Å². The molecule has 1 heterocycles. The molecule has 0 unspecified atom stereocenters. The second-order valence-corrected chi connectivity index (χ2v) is 3.15. The molecule has 1 aliphatic heterocycles. The normalized spacial score (nSPS) is 15.1. The molecule has 1 aromatic carbocycles. The maximum Gasteiger partial charge on any atom is 0.414 e. The molecule has 0 saturated carbocycles. The Hall–Kier alpha value is -1.84. The van der Waals surface area contributed by atoms with Crippen LogP contribution in [0.15, 0.2) is 24.3 Å². The third kappa shape index (κ3) is 1.25. The van der Waals surface area contributed by atoms with Gasteiger partial charge in [-0.15, -0.1) is 0 Å². The Morgan fingerprint density at radius 3 is 2.79 bits per heavy atom. The SMILES string of the molecule is O=C(O)N1CCc2ccccc2C1=O. The van der Waals surface area contributed by atoms with E-state index in [0.29, 0.717) is 12.0 Å². The molecule has 1 aromatic rings. The zero-order chi connectivity index (χ0) is 10.1. The predicted molar refractivity (Wildman–Crippen MR) is 49.2 cm³/mol. The summed E-state index contributed by atoms with van der Waals surface area (Å²) in [6, 6.07) is 7.10. The quantitative estimate of drug-likeness (QED) is 0.673. The molecule has 4 nitrogen and oxygen atoms in total. The van der Waals surface area contributed by atoms with E-state index in [1.807, 2.05) is 12.1 Å². The molecule has 2 rings (SSSR count). The van der Waals surface area contributed by atoms with Crippen LogP contribution in [-0.2, 0) is 6.42 Å². The molecule has 4 heteroatoms. The highest BCUT2D eigenvalue weighted by atomic mass is 16.4. The third-order valence-electron chi connectivity index (χ3n) is 2.33. The van der Waals surface area contributed by atoms with Gasteiger partial charge < -0.3 is 5.11 Å². The number of hydrogen-bond donors (Lipinski definition) is 1. The topological polar surface area (TPSA) is 57.6 Å². The minimum Gasteiger partial charge on any atom is -0.465 e. The van der Waals surface area contributed by atoms with Crippen LogP contribution in [0.2, 0.25) is 0 Å². The van der Waals surface area contributed by atoms with E-state index in [4.69, 9.17) is 5.11 Å². The van der Waals surface area contributed by atoms with Gasteiger partial charge in [0.2, 0.25) is 0 Å². The predicted octanol–water partition coefficient (Wildman–Crippen LogP) is 1.36. The van der Waals surface area contributed by atoms with Gasteiger partial charge in [0.05, 0.1) is 0 Å². The summed E-state index contributed by atoms with van der Waals surface area (Å²) in [6.45, 7) is 0.255. The Morgan fingerprint density at radius 2 is 2.07 bits per heavy atom. The molecular formula is C10H9NO3. The summed E-state index contributed by atoms with van der Waals surface area (Å²) >= 11 is 0. The van der Waals surface area contributed by atoms with Crippen molar-refractivity contribution in [2.75, 3.05) is 6.54 Å². The molecular weight excluding hydrogens is 182 g/mol. The average molecular weight is 191 g/mol. The first-order chi connectivity index (χ1) is 6.70. The van der Waals surface area contributed by atoms with E-state index < -0.39 is 12.0 Å². The van der Waals surface area contributed by atoms with Crippen molar-refractivity contribution in [2.45, 2.75) is 6.42 Å². The number of carbonyl (C=O) groups is 2. The van der Waals surface area contributed by atoms with E-state index in [-0.39, 0.29) is 6.54 Å². The molecule has 0 bridgehead atoms. The number of benzene rings is 1. The molecule has 0 saturated heterocycles. The van der Waals surface area contributed by atoms with Crippen LogP contribution in [0.1, 0.15) is 15.9 Å². The van der Waals surface area contributed by atoms with Crippen LogP contribution < -0.4 is 0 Å². The summed E-state index contributed by atoms with van der Waals surface area (Å²) in [6.07, 6.45) is -0.571. The van der Waals surface area contributed by atoms with Crippen LogP contribution in [0.4, 0.5) is 4.79 Å². The second-order valence-electron chi connectivity index (χ2n) is 3.15. The van der Waals surface area contributed by atoms with Gasteiger partial charge in [-0.2, -0.15) is 0 Å². The highest BCUT2D eigenvalue weighted by molar-refractivity contribution is 6.04. The van der Waals surface area contributed by atoms with Gasteiger partial charge in [0.15, 0.2) is 0 Å². The fourth-order valence-electron chi connectivity index (χ4n) is 1.61. The molecule has 0 atom stereocenters. The zero-order valence-corrected chi connectivity index (χ0v) is 7.43. The Balaban J connectivity index is 2.41. The second kappa shape index (κ2) is 3.14. The van der Waals surface area contributed by atoms with Crippen LogP contribution >= 0.6 is 0 Å². The van der Waals surface area contributed by atoms with E-state index in [9.17, 15) is 9.59 Å². The van der Waals surface area contributed by atoms with Crippen LogP contribution in [0, 0.1) is 0 Å². The number of imide groups is 1. The highest BCUT2D eigenvalue weighted by Gasteiger charge is 2.27. The standard InChI is InChI=1S/C10H9NO3/c12-9-8-4-2-1-3-7(8)5-6-11(9)10(13)14/h1-4H,5-6H2,(H,13,14). The molecule has 1 aliphatic rings. The van der Waals surface area contributed by atoms with Gasteiger partial charge in [0, 0.05) is 12.1 Å². The van der Waals surface area contributed by atoms with E-state index in [2.05, 4.69) is 0 Å². The Morgan fingerprint density at radius 1 is 1.36 bits per heavy atom. The largest absolute Gasteiger partial charge is 0.465 e. The zero-order valence-electron chi connectivity index (χ0n) is 7.43. The van der Waals surface area contributed by atoms with Crippen molar-refractivity contribution in [1.29, 1.82) is 0 Å². The minimum atomic E-state index is -1.18. The molecule has 0 spiro atoms. The Kier molecular flexibility index (Phi) is 1.96. The third-order valence-corrected chi connectivity index (χ3v) is 2.33. The number of carbonyl (C=O) groups excluding carboxylic acids is 1. The number of rotatable bonds is 0. The summed E-state index contributed by atoms with van der Waals surface area (Å²) in [5.41, 5.74) is 1.43. The van der Waals surface area contributed by atoms with E-state index >= 15 is 0 Å². The number of fused-ring (bicyclic) bond motifs is 1. The highest BCUT2D eigenvalue weighted by Crippen LogP contribution is 2.18. The van der Waals surface area contributed by atoms with Gasteiger partial charge in [-0.3, -0.25) is 4.79 Å². The molecule has 14 heavy (non-hydrogen) atoms. The van der Waals surface area contributed by atoms with Crippen molar-refractivity contribution < 1.29 is 14.7 Å². The maximum absolute atomic E-state index is 11.6. The van der Waals surface area contributed by atoms with Crippen molar-refractivity contribution in [2.24, 2.45) is 0 Å². The van der Waals surface area contributed by atoms with Crippen LogP contribution in [0.3, 0.4) is 0 Å². The fraction of sp³-hybridized carbons (Fsp3) is 0.200. The monoisotopic (exact) mass is 191 g/mol. The first-order valence-electron chi connectivity index (χ1n) is 4.33. The van der Waals surface area contributed by atoms with Crippen molar-refractivity contribution in [3.8, 4) is 0 Å². The lowest BCUT2D eigenvalue weighted by Gasteiger charge is -2.23. The summed E-state index contributed by atoms with van der Waals surface area (Å²) in [5, 5.41) is 8.74. The molecule has 0 aromatic heterocycles. The smallest absolute Gasteiger partial charge is 0.414 e. The maximum atomic E-state index is 11.6. The van der Waals surface area contributed by atoms with Crippen molar-refractivity contribution >= 4 is 12.0 Å². The summed E-state index contributed by atoms with van der Waals surface area (Å²) in [7, 11) is 0. The van der Waals surface area contributed by atoms with Crippen molar-refractivity contribution in [3.63, 3.8) is 0 Å². The first kappa shape index (κ1) is 8.74. The van der Waals surface area contributed by atoms with Crippen molar-refractivity contribution in [1.82, 2.24) is 4.90 Å². The van der Waals surface area contributed by atoms with Crippen LogP contribution in [-0.4, -0.2) is 28.6 Å². The molecule has 0 fully saturated rings. The number of carboxylic acid groups (broad SMARTS) is 1. The average Bonchev–Trinajstić information content (AvgIpc) is 2.18. The molecule has 72 valence electrons. The van der Waals surface area contributed by atoms with E-state index in [1.165, 1.54) is 0 Å². The molecule has 2 amide bonds. The van der Waals surface area contributed by atoms with Crippen LogP contribution in [0.25, 0.3) is 0 Å². The number of amides is 2. The summed E-state index contributed by atoms with van der Waals surface area (Å²) in [5.74, 6) is -0.417. The molecule has 1 N–H and O–H groups in total. The lowest BCUT2D eigenvalue weighted by molar-refractivity contribution is 0.0727. The first-order valence-corrected chi connectivity index (χ1v) is 4.33.